The lowest BCUT2D eigenvalue weighted by atomic mass is 10.1. The van der Waals surface area contributed by atoms with Gasteiger partial charge in [0.15, 0.2) is 6.61 Å². The minimum absolute atomic E-state index is 0.0378. The van der Waals surface area contributed by atoms with Crippen molar-refractivity contribution >= 4 is 11.9 Å². The minimum atomic E-state index is -1.01. The molecule has 0 spiro atoms. The van der Waals surface area contributed by atoms with Crippen LogP contribution in [-0.2, 0) is 4.79 Å². The SMILES string of the molecule is Cc1ccc(C(=O)O)cc1OCC(=O)N1CCC1. The van der Waals surface area contributed by atoms with E-state index in [1.807, 2.05) is 6.92 Å². The Morgan fingerprint density at radius 2 is 2.11 bits per heavy atom. The number of hydrogen-bond donors (Lipinski definition) is 1. The molecule has 1 saturated heterocycles. The Morgan fingerprint density at radius 3 is 2.67 bits per heavy atom. The first-order chi connectivity index (χ1) is 8.58. The van der Waals surface area contributed by atoms with Crippen LogP contribution in [-0.4, -0.2) is 41.6 Å². The number of rotatable bonds is 4. The summed E-state index contributed by atoms with van der Waals surface area (Å²) >= 11 is 0. The van der Waals surface area contributed by atoms with Gasteiger partial charge < -0.3 is 14.7 Å². The molecule has 0 saturated carbocycles. The predicted molar refractivity (Wildman–Crippen MR) is 64.8 cm³/mol. The van der Waals surface area contributed by atoms with Crippen molar-refractivity contribution in [1.82, 2.24) is 4.90 Å². The highest BCUT2D eigenvalue weighted by atomic mass is 16.5. The maximum absolute atomic E-state index is 11.6. The fraction of sp³-hybridized carbons (Fsp3) is 0.385. The molecule has 0 unspecified atom stereocenters. The minimum Gasteiger partial charge on any atom is -0.483 e. The smallest absolute Gasteiger partial charge is 0.335 e. The van der Waals surface area contributed by atoms with Crippen molar-refractivity contribution in [1.29, 1.82) is 0 Å². The van der Waals surface area contributed by atoms with Crippen molar-refractivity contribution in [3.05, 3.63) is 29.3 Å². The molecular formula is C13H15NO4. The number of amides is 1. The third kappa shape index (κ3) is 2.61. The highest BCUT2D eigenvalue weighted by Gasteiger charge is 2.20. The zero-order valence-corrected chi connectivity index (χ0v) is 10.2. The van der Waals surface area contributed by atoms with Gasteiger partial charge in [-0.3, -0.25) is 4.79 Å². The van der Waals surface area contributed by atoms with E-state index in [1.165, 1.54) is 12.1 Å². The van der Waals surface area contributed by atoms with Gasteiger partial charge in [0.25, 0.3) is 5.91 Å². The van der Waals surface area contributed by atoms with Crippen LogP contribution in [0.5, 0.6) is 5.75 Å². The molecule has 0 radical (unpaired) electrons. The molecule has 18 heavy (non-hydrogen) atoms. The third-order valence-corrected chi connectivity index (χ3v) is 3.00. The van der Waals surface area contributed by atoms with Gasteiger partial charge >= 0.3 is 5.97 Å². The van der Waals surface area contributed by atoms with Crippen LogP contribution in [0.25, 0.3) is 0 Å². The maximum atomic E-state index is 11.6. The van der Waals surface area contributed by atoms with E-state index in [0.29, 0.717) is 5.75 Å². The number of likely N-dealkylation sites (tertiary alicyclic amines) is 1. The number of aryl methyl sites for hydroxylation is 1. The Morgan fingerprint density at radius 1 is 1.39 bits per heavy atom. The van der Waals surface area contributed by atoms with Crippen molar-refractivity contribution in [3.8, 4) is 5.75 Å². The fourth-order valence-electron chi connectivity index (χ4n) is 1.69. The number of ether oxygens (including phenoxy) is 1. The lowest BCUT2D eigenvalue weighted by Crippen LogP contribution is -2.44. The molecule has 0 aromatic heterocycles. The van der Waals surface area contributed by atoms with Crippen LogP contribution in [0.1, 0.15) is 22.3 Å². The van der Waals surface area contributed by atoms with E-state index in [4.69, 9.17) is 9.84 Å². The highest BCUT2D eigenvalue weighted by Crippen LogP contribution is 2.20. The summed E-state index contributed by atoms with van der Waals surface area (Å²) in [5, 5.41) is 8.88. The molecule has 1 fully saturated rings. The van der Waals surface area contributed by atoms with Crippen LogP contribution in [0.4, 0.5) is 0 Å². The molecule has 0 aliphatic carbocycles. The van der Waals surface area contributed by atoms with Crippen LogP contribution >= 0.6 is 0 Å². The first-order valence-electron chi connectivity index (χ1n) is 5.82. The molecule has 5 nitrogen and oxygen atoms in total. The van der Waals surface area contributed by atoms with Crippen LogP contribution in [0.15, 0.2) is 18.2 Å². The van der Waals surface area contributed by atoms with Crippen molar-refractivity contribution in [2.75, 3.05) is 19.7 Å². The van der Waals surface area contributed by atoms with Gasteiger partial charge in [-0.1, -0.05) is 6.07 Å². The molecular weight excluding hydrogens is 234 g/mol. The molecule has 1 aliphatic rings. The van der Waals surface area contributed by atoms with E-state index in [-0.39, 0.29) is 18.1 Å². The summed E-state index contributed by atoms with van der Waals surface area (Å²) in [5.41, 5.74) is 0.975. The summed E-state index contributed by atoms with van der Waals surface area (Å²) in [6, 6.07) is 4.63. The second-order valence-corrected chi connectivity index (χ2v) is 4.31. The Labute approximate surface area is 105 Å². The van der Waals surface area contributed by atoms with Crippen LogP contribution < -0.4 is 4.74 Å². The molecule has 1 N–H and O–H groups in total. The van der Waals surface area contributed by atoms with Gasteiger partial charge in [-0.05, 0) is 31.0 Å². The molecule has 0 bridgehead atoms. The summed E-state index contributed by atoms with van der Waals surface area (Å²) < 4.78 is 5.39. The van der Waals surface area contributed by atoms with Crippen LogP contribution in [0.2, 0.25) is 0 Å². The van der Waals surface area contributed by atoms with E-state index in [0.717, 1.165) is 25.1 Å². The molecule has 2 rings (SSSR count). The second kappa shape index (κ2) is 5.08. The first-order valence-corrected chi connectivity index (χ1v) is 5.82. The van der Waals surface area contributed by atoms with Crippen LogP contribution in [0.3, 0.4) is 0 Å². The van der Waals surface area contributed by atoms with Gasteiger partial charge in [0, 0.05) is 13.1 Å². The average molecular weight is 249 g/mol. The van der Waals surface area contributed by atoms with Crippen molar-refractivity contribution in [3.63, 3.8) is 0 Å². The normalized spacial score (nSPS) is 13.9. The summed E-state index contributed by atoms with van der Waals surface area (Å²) in [6.45, 7) is 3.35. The van der Waals surface area contributed by atoms with E-state index in [1.54, 1.807) is 11.0 Å². The fourth-order valence-corrected chi connectivity index (χ4v) is 1.69. The average Bonchev–Trinajstić information content (AvgIpc) is 2.25. The van der Waals surface area contributed by atoms with Gasteiger partial charge in [-0.25, -0.2) is 4.79 Å². The van der Waals surface area contributed by atoms with Crippen LogP contribution in [0, 0.1) is 6.92 Å². The number of aromatic carboxylic acids is 1. The second-order valence-electron chi connectivity index (χ2n) is 4.31. The summed E-state index contributed by atoms with van der Waals surface area (Å²) in [5.74, 6) is -0.612. The van der Waals surface area contributed by atoms with Crippen molar-refractivity contribution < 1.29 is 19.4 Å². The number of carbonyl (C=O) groups excluding carboxylic acids is 1. The molecule has 1 amide bonds. The Hall–Kier alpha value is -2.04. The monoisotopic (exact) mass is 249 g/mol. The topological polar surface area (TPSA) is 66.8 Å². The van der Waals surface area contributed by atoms with Gasteiger partial charge in [0.1, 0.15) is 5.75 Å². The number of carboxylic acids is 1. The molecule has 0 atom stereocenters. The van der Waals surface area contributed by atoms with Gasteiger partial charge in [0.05, 0.1) is 5.56 Å². The zero-order valence-electron chi connectivity index (χ0n) is 10.2. The van der Waals surface area contributed by atoms with Crippen molar-refractivity contribution in [2.24, 2.45) is 0 Å². The molecule has 1 heterocycles. The molecule has 5 heteroatoms. The maximum Gasteiger partial charge on any atom is 0.335 e. The van der Waals surface area contributed by atoms with E-state index >= 15 is 0 Å². The summed E-state index contributed by atoms with van der Waals surface area (Å²) in [7, 11) is 0. The Kier molecular flexibility index (Phi) is 3.50. The number of carboxylic acid groups (broad SMARTS) is 1. The van der Waals surface area contributed by atoms with Gasteiger partial charge in [-0.2, -0.15) is 0 Å². The Bertz CT molecular complexity index is 480. The Balaban J connectivity index is 2.01. The number of nitrogens with zero attached hydrogens (tertiary/aromatic N) is 1. The molecule has 1 aromatic rings. The van der Waals surface area contributed by atoms with E-state index in [9.17, 15) is 9.59 Å². The highest BCUT2D eigenvalue weighted by molar-refractivity contribution is 5.88. The molecule has 96 valence electrons. The first kappa shape index (κ1) is 12.4. The quantitative estimate of drug-likeness (QED) is 0.873. The summed E-state index contributed by atoms with van der Waals surface area (Å²) in [4.78, 5) is 24.2. The van der Waals surface area contributed by atoms with E-state index in [2.05, 4.69) is 0 Å². The van der Waals surface area contributed by atoms with Gasteiger partial charge in [-0.15, -0.1) is 0 Å². The number of carbonyl (C=O) groups is 2. The van der Waals surface area contributed by atoms with Crippen molar-refractivity contribution in [2.45, 2.75) is 13.3 Å². The zero-order chi connectivity index (χ0) is 13.1. The largest absolute Gasteiger partial charge is 0.483 e. The lowest BCUT2D eigenvalue weighted by Gasteiger charge is -2.30. The summed E-state index contributed by atoms with van der Waals surface area (Å²) in [6.07, 6.45) is 1.04. The van der Waals surface area contributed by atoms with Gasteiger partial charge in [0.2, 0.25) is 0 Å². The third-order valence-electron chi connectivity index (χ3n) is 3.00. The van der Waals surface area contributed by atoms with E-state index < -0.39 is 5.97 Å². The molecule has 1 aliphatic heterocycles. The lowest BCUT2D eigenvalue weighted by molar-refractivity contribution is -0.136. The standard InChI is InChI=1S/C13H15NO4/c1-9-3-4-10(13(16)17)7-11(9)18-8-12(15)14-5-2-6-14/h3-4,7H,2,5-6,8H2,1H3,(H,16,17). The number of hydrogen-bond acceptors (Lipinski definition) is 3. The molecule has 1 aromatic carbocycles. The number of benzene rings is 1. The predicted octanol–water partition coefficient (Wildman–Crippen LogP) is 1.30.